The molecule has 1 nitrogen and oxygen atoms in total. The van der Waals surface area contributed by atoms with Crippen molar-refractivity contribution < 1.29 is 4.74 Å². The normalized spacial score (nSPS) is 11.7. The Kier molecular flexibility index (Phi) is 9.09. The lowest BCUT2D eigenvalue weighted by Gasteiger charge is -2.28. The largest absolute Gasteiger partial charge is 0.449 e. The van der Waals surface area contributed by atoms with Crippen molar-refractivity contribution in [1.82, 2.24) is 0 Å². The number of aryl methyl sites for hydroxylation is 1. The third kappa shape index (κ3) is 5.64. The van der Waals surface area contributed by atoms with Crippen LogP contribution in [0.25, 0.3) is 0 Å². The van der Waals surface area contributed by atoms with Gasteiger partial charge < -0.3 is 4.74 Å². The highest BCUT2D eigenvalue weighted by molar-refractivity contribution is 7.95. The molecule has 0 aliphatic carbocycles. The molecule has 218 valence electrons. The van der Waals surface area contributed by atoms with Crippen LogP contribution in [0.3, 0.4) is 0 Å². The van der Waals surface area contributed by atoms with E-state index in [-0.39, 0.29) is 0 Å². The van der Waals surface area contributed by atoms with Crippen LogP contribution in [0.15, 0.2) is 164 Å². The predicted octanol–water partition coefficient (Wildman–Crippen LogP) is 8.28. The molecule has 0 bridgehead atoms. The molecule has 0 fully saturated rings. The predicted molar refractivity (Wildman–Crippen MR) is 196 cm³/mol. The van der Waals surface area contributed by atoms with E-state index in [0.29, 0.717) is 0 Å². The molecule has 0 aromatic heterocycles. The van der Waals surface area contributed by atoms with Crippen molar-refractivity contribution in [1.29, 1.82) is 0 Å². The maximum atomic E-state index is 7.26. The Bertz CT molecular complexity index is 1720. The summed E-state index contributed by atoms with van der Waals surface area (Å²) >= 11 is 0. The third-order valence-corrected chi connectivity index (χ3v) is 16.8. The second-order valence-corrected chi connectivity index (χ2v) is 18.5. The molecule has 44 heavy (non-hydrogen) atoms. The Balaban J connectivity index is 1.58. The van der Waals surface area contributed by atoms with Gasteiger partial charge in [0.2, 0.25) is 0 Å². The molecule has 0 aliphatic rings. The summed E-state index contributed by atoms with van der Waals surface area (Å²) < 4.78 is 7.26. The number of para-hydroxylation sites is 1. The Morgan fingerprint density at radius 2 is 0.841 bits per heavy atom. The fraction of sp³-hybridized carbons (Fsp3) is 0.122. The summed E-state index contributed by atoms with van der Waals surface area (Å²) in [5.41, 5.74) is 1.37. The Labute approximate surface area is 264 Å². The molecule has 6 rings (SSSR count). The zero-order valence-electron chi connectivity index (χ0n) is 25.8. The Hall–Kier alpha value is -4.02. The summed E-state index contributed by atoms with van der Waals surface area (Å²) in [5.74, 6) is 1.89. The molecule has 6 aromatic carbocycles. The van der Waals surface area contributed by atoms with Gasteiger partial charge >= 0.3 is 0 Å². The lowest BCUT2D eigenvalue weighted by molar-refractivity contribution is 0.490. The van der Waals surface area contributed by atoms with Crippen molar-refractivity contribution in [2.75, 3.05) is 13.3 Å². The standard InChI is InChI=1S/C41H40OP2/c1-4-20-33-21-19-31-39(41(33)44(3,36-26-13-7-14-27-36)37-28-15-8-16-29-37)42-38-30-17-18-32-40(38)43(2,34-22-9-5-10-23-34)35-24-11-6-12-25-35/h5-19,21-32H,4,20H2,1-3H3/q+2. The molecule has 0 heterocycles. The molecule has 0 atom stereocenters. The van der Waals surface area contributed by atoms with Crippen LogP contribution in [0.5, 0.6) is 11.5 Å². The second-order valence-electron chi connectivity index (χ2n) is 11.4. The highest BCUT2D eigenvalue weighted by Crippen LogP contribution is 2.56. The molecule has 0 saturated carbocycles. The monoisotopic (exact) mass is 610 g/mol. The Morgan fingerprint density at radius 3 is 1.32 bits per heavy atom. The average Bonchev–Trinajstić information content (AvgIpc) is 3.10. The first-order chi connectivity index (χ1) is 21.6. The van der Waals surface area contributed by atoms with Gasteiger partial charge in [0.15, 0.2) is 11.5 Å². The van der Waals surface area contributed by atoms with Crippen LogP contribution in [0.2, 0.25) is 0 Å². The molecule has 0 saturated heterocycles. The van der Waals surface area contributed by atoms with Crippen molar-refractivity contribution in [3.63, 3.8) is 0 Å². The van der Waals surface area contributed by atoms with Gasteiger partial charge in [0.1, 0.15) is 46.4 Å². The van der Waals surface area contributed by atoms with Gasteiger partial charge in [-0.05, 0) is 78.7 Å². The van der Waals surface area contributed by atoms with E-state index >= 15 is 0 Å². The van der Waals surface area contributed by atoms with Crippen LogP contribution in [0, 0.1) is 0 Å². The van der Waals surface area contributed by atoms with Gasteiger partial charge in [0.25, 0.3) is 0 Å². The van der Waals surface area contributed by atoms with Crippen LogP contribution >= 0.6 is 14.5 Å². The quantitative estimate of drug-likeness (QED) is 0.142. The van der Waals surface area contributed by atoms with E-state index < -0.39 is 14.5 Å². The number of rotatable bonds is 10. The maximum absolute atomic E-state index is 7.26. The van der Waals surface area contributed by atoms with Gasteiger partial charge in [-0.2, -0.15) is 0 Å². The minimum Gasteiger partial charge on any atom is -0.449 e. The average molecular weight is 611 g/mol. The first kappa shape index (κ1) is 30.0. The SMILES string of the molecule is CCCc1cccc(Oc2ccccc2[P+](C)(c2ccccc2)c2ccccc2)c1[P+](C)(c1ccccc1)c1ccccc1. The molecule has 0 amide bonds. The van der Waals surface area contributed by atoms with E-state index in [4.69, 9.17) is 4.74 Å². The minimum absolute atomic E-state index is 0.929. The van der Waals surface area contributed by atoms with Crippen LogP contribution in [-0.2, 0) is 6.42 Å². The minimum atomic E-state index is -2.06. The lowest BCUT2D eigenvalue weighted by Crippen LogP contribution is -2.34. The first-order valence-corrected chi connectivity index (χ1v) is 19.9. The Morgan fingerprint density at radius 1 is 0.432 bits per heavy atom. The third-order valence-electron chi connectivity index (χ3n) is 8.71. The highest BCUT2D eigenvalue weighted by atomic mass is 31.2. The molecule has 0 N–H and O–H groups in total. The second kappa shape index (κ2) is 13.3. The molecular weight excluding hydrogens is 570 g/mol. The smallest absolute Gasteiger partial charge is 0.170 e. The van der Waals surface area contributed by atoms with E-state index in [2.05, 4.69) is 184 Å². The highest BCUT2D eigenvalue weighted by Gasteiger charge is 2.46. The summed E-state index contributed by atoms with van der Waals surface area (Å²) in [6.07, 6.45) is 2.07. The van der Waals surface area contributed by atoms with Gasteiger partial charge in [-0.1, -0.05) is 110 Å². The van der Waals surface area contributed by atoms with Crippen LogP contribution in [-0.4, -0.2) is 13.3 Å². The van der Waals surface area contributed by atoms with Gasteiger partial charge in [0, 0.05) is 0 Å². The lowest BCUT2D eigenvalue weighted by atomic mass is 10.1. The zero-order valence-corrected chi connectivity index (χ0v) is 27.6. The molecule has 0 aliphatic heterocycles. The number of hydrogen-bond donors (Lipinski definition) is 0. The molecule has 0 unspecified atom stereocenters. The maximum Gasteiger partial charge on any atom is 0.170 e. The fourth-order valence-electron chi connectivity index (χ4n) is 6.40. The summed E-state index contributed by atoms with van der Waals surface area (Å²) in [4.78, 5) is 0. The summed E-state index contributed by atoms with van der Waals surface area (Å²) in [7, 11) is -4.07. The number of benzene rings is 6. The van der Waals surface area contributed by atoms with Crippen LogP contribution in [0.4, 0.5) is 0 Å². The van der Waals surface area contributed by atoms with Gasteiger partial charge in [-0.25, -0.2) is 0 Å². The van der Waals surface area contributed by atoms with Crippen molar-refractivity contribution in [2.45, 2.75) is 19.8 Å². The molecule has 0 radical (unpaired) electrons. The van der Waals surface area contributed by atoms with Crippen LogP contribution < -0.4 is 36.6 Å². The van der Waals surface area contributed by atoms with Crippen molar-refractivity contribution in [2.24, 2.45) is 0 Å². The fourth-order valence-corrected chi connectivity index (χ4v) is 13.4. The van der Waals surface area contributed by atoms with Gasteiger partial charge in [-0.3, -0.25) is 0 Å². The van der Waals surface area contributed by atoms with Gasteiger partial charge in [0.05, 0.1) is 13.3 Å². The zero-order chi connectivity index (χ0) is 30.4. The topological polar surface area (TPSA) is 9.23 Å². The van der Waals surface area contributed by atoms with Gasteiger partial charge in [-0.15, -0.1) is 0 Å². The van der Waals surface area contributed by atoms with Crippen molar-refractivity contribution in [3.8, 4) is 11.5 Å². The molecule has 3 heteroatoms. The van der Waals surface area contributed by atoms with Crippen molar-refractivity contribution >= 4 is 46.4 Å². The van der Waals surface area contributed by atoms with Crippen molar-refractivity contribution in [3.05, 3.63) is 169 Å². The first-order valence-electron chi connectivity index (χ1n) is 15.4. The molecule has 0 spiro atoms. The summed E-state index contributed by atoms with van der Waals surface area (Å²) in [6, 6.07) is 59.4. The van der Waals surface area contributed by atoms with Crippen LogP contribution in [0.1, 0.15) is 18.9 Å². The molecular formula is C41H40OP2+2. The van der Waals surface area contributed by atoms with E-state index in [0.717, 1.165) is 24.3 Å². The van der Waals surface area contributed by atoms with E-state index in [1.54, 1.807) is 0 Å². The van der Waals surface area contributed by atoms with E-state index in [1.807, 2.05) is 0 Å². The number of hydrogen-bond acceptors (Lipinski definition) is 1. The summed E-state index contributed by atoms with van der Waals surface area (Å²) in [5, 5.41) is 8.00. The van der Waals surface area contributed by atoms with E-state index in [9.17, 15) is 0 Å². The number of ether oxygens (including phenoxy) is 1. The summed E-state index contributed by atoms with van der Waals surface area (Å²) in [6.45, 7) is 7.17. The molecule has 6 aromatic rings. The van der Waals surface area contributed by atoms with E-state index in [1.165, 1.54) is 37.4 Å².